The number of benzene rings is 2. The van der Waals surface area contributed by atoms with E-state index in [2.05, 4.69) is 26.9 Å². The molecule has 236 valence electrons. The van der Waals surface area contributed by atoms with Gasteiger partial charge in [-0.3, -0.25) is 4.79 Å². The summed E-state index contributed by atoms with van der Waals surface area (Å²) in [5, 5.41) is 0.615. The number of hydrogen-bond acceptors (Lipinski definition) is 11. The van der Waals surface area contributed by atoms with Crippen LogP contribution in [0, 0.1) is 11.6 Å². The molecule has 2 aromatic carbocycles. The third kappa shape index (κ3) is 6.00. The molecule has 1 amide bonds. The highest BCUT2D eigenvalue weighted by Gasteiger charge is 2.28. The number of anilines is 2. The molecule has 0 aliphatic carbocycles. The van der Waals surface area contributed by atoms with E-state index in [1.165, 1.54) is 57.7 Å². The second-order valence-corrected chi connectivity index (χ2v) is 12.0. The number of methoxy groups -OCH3 is 1. The summed E-state index contributed by atoms with van der Waals surface area (Å²) in [5.41, 5.74) is 13.3. The van der Waals surface area contributed by atoms with Crippen molar-refractivity contribution < 1.29 is 22.7 Å². The molecule has 2 aliphatic heterocycles. The lowest BCUT2D eigenvalue weighted by Gasteiger charge is -2.35. The smallest absolute Gasteiger partial charge is 0.318 e. The van der Waals surface area contributed by atoms with Crippen molar-refractivity contribution in [2.45, 2.75) is 12.8 Å². The maximum atomic E-state index is 16.7. The van der Waals surface area contributed by atoms with E-state index in [0.717, 1.165) is 11.3 Å². The van der Waals surface area contributed by atoms with E-state index in [0.29, 0.717) is 54.1 Å². The minimum Gasteiger partial charge on any atom is -0.472 e. The second kappa shape index (κ2) is 12.9. The zero-order chi connectivity index (χ0) is 31.7. The molecule has 0 atom stereocenters. The molecule has 4 N–H and O–H groups in total. The van der Waals surface area contributed by atoms with Gasteiger partial charge in [-0.2, -0.15) is 9.97 Å². The van der Waals surface area contributed by atoms with Crippen molar-refractivity contribution in [1.82, 2.24) is 24.8 Å². The van der Waals surface area contributed by atoms with Gasteiger partial charge in [0.2, 0.25) is 5.91 Å². The van der Waals surface area contributed by atoms with Gasteiger partial charge in [-0.05, 0) is 62.8 Å². The number of nitrogens with zero attached hydrogens (tertiary/aromatic N) is 6. The molecule has 5 aromatic rings. The fourth-order valence-corrected chi connectivity index (χ4v) is 6.56. The quantitative estimate of drug-likeness (QED) is 0.286. The number of ether oxygens (including phenoxy) is 1. The summed E-state index contributed by atoms with van der Waals surface area (Å²) in [6.45, 7) is 4.38. The van der Waals surface area contributed by atoms with Gasteiger partial charge in [0, 0.05) is 48.3 Å². The van der Waals surface area contributed by atoms with Gasteiger partial charge in [-0.1, -0.05) is 11.3 Å². The number of thiazole rings is 1. The number of rotatable bonds is 5. The number of fused-ring (bicyclic) bond motifs is 2. The topological polar surface area (TPSA) is 140 Å². The van der Waals surface area contributed by atoms with Crippen molar-refractivity contribution in [1.29, 1.82) is 0 Å². The Hall–Kier alpha value is -4.40. The summed E-state index contributed by atoms with van der Waals surface area (Å²) in [5.74, 6) is -0.810. The van der Waals surface area contributed by atoms with Gasteiger partial charge in [0.1, 0.15) is 17.2 Å². The minimum absolute atomic E-state index is 0.0129. The summed E-state index contributed by atoms with van der Waals surface area (Å²) < 4.78 is 42.2. The van der Waals surface area contributed by atoms with Gasteiger partial charge in [0.25, 0.3) is 0 Å². The van der Waals surface area contributed by atoms with Crippen molar-refractivity contribution in [2.75, 3.05) is 70.6 Å². The van der Waals surface area contributed by atoms with Gasteiger partial charge in [0.15, 0.2) is 10.9 Å². The van der Waals surface area contributed by atoms with Crippen molar-refractivity contribution in [2.24, 2.45) is 5.73 Å². The number of aromatic nitrogens is 3. The number of carbonyl (C=O) groups is 1. The molecular formula is C31H34F2N8O3S. The fraction of sp³-hybridized carbons (Fsp3) is 0.355. The first-order chi connectivity index (χ1) is 21.8. The molecule has 2 fully saturated rings. The third-order valence-corrected chi connectivity index (χ3v) is 9.02. The van der Waals surface area contributed by atoms with Crippen LogP contribution in [0.1, 0.15) is 12.8 Å². The molecule has 0 radical (unpaired) electrons. The number of hydrogen-bond donors (Lipinski definition) is 2. The average Bonchev–Trinajstić information content (AvgIpc) is 3.84. The van der Waals surface area contributed by atoms with E-state index in [9.17, 15) is 9.18 Å². The summed E-state index contributed by atoms with van der Waals surface area (Å²) in [6.07, 6.45) is 5.82. The van der Waals surface area contributed by atoms with Gasteiger partial charge < -0.3 is 35.3 Å². The standard InChI is InChI=1S/C26H23F2N7O3S.C5H11N/c1-37-26-32-21-16(24(33-26)35-7-5-34(6-8-35)18(36)11-29)10-15(13-4-9-38-12-13)19(20(21)28)14-2-3-17(27)23-22(14)31-25(30)39-23;1-6-4-2-3-5-6/h2-4,9-10,12H,5-8,11,29H2,1H3,(H2,30,31);2-5H2,1H3. The van der Waals surface area contributed by atoms with Gasteiger partial charge in [0.05, 0.1) is 36.4 Å². The van der Waals surface area contributed by atoms with Crippen molar-refractivity contribution >= 4 is 49.3 Å². The summed E-state index contributed by atoms with van der Waals surface area (Å²) in [7, 11) is 3.58. The molecule has 45 heavy (non-hydrogen) atoms. The minimum atomic E-state index is -0.651. The molecule has 2 aliphatic rings. The number of nitrogen functional groups attached to an aromatic ring is 1. The zero-order valence-electron chi connectivity index (χ0n) is 25.1. The Bertz CT molecular complexity index is 1830. The van der Waals surface area contributed by atoms with E-state index in [-0.39, 0.29) is 44.9 Å². The summed E-state index contributed by atoms with van der Waals surface area (Å²) in [4.78, 5) is 31.3. The molecule has 0 spiro atoms. The van der Waals surface area contributed by atoms with Crippen LogP contribution < -0.4 is 21.1 Å². The zero-order valence-corrected chi connectivity index (χ0v) is 25.9. The first kappa shape index (κ1) is 30.6. The van der Waals surface area contributed by atoms with Crippen LogP contribution in [-0.2, 0) is 4.79 Å². The van der Waals surface area contributed by atoms with Crippen LogP contribution in [0.5, 0.6) is 6.01 Å². The SMILES string of the molecule is CN1CCCC1.COc1nc(N2CCN(C(=O)CN)CC2)c2cc(-c3ccoc3)c(-c3ccc(F)c4sc(N)nc34)c(F)c2n1. The highest BCUT2D eigenvalue weighted by Crippen LogP contribution is 2.44. The summed E-state index contributed by atoms with van der Waals surface area (Å²) in [6, 6.07) is 6.24. The lowest BCUT2D eigenvalue weighted by molar-refractivity contribution is -0.129. The highest BCUT2D eigenvalue weighted by molar-refractivity contribution is 7.22. The molecule has 0 saturated carbocycles. The Kier molecular flexibility index (Phi) is 8.79. The number of piperazine rings is 1. The molecule has 7 rings (SSSR count). The van der Waals surface area contributed by atoms with Crippen LogP contribution in [0.4, 0.5) is 19.7 Å². The Morgan fingerprint density at radius 1 is 1.02 bits per heavy atom. The fourth-order valence-electron chi connectivity index (χ4n) is 5.80. The van der Waals surface area contributed by atoms with E-state index in [4.69, 9.17) is 20.6 Å². The van der Waals surface area contributed by atoms with Crippen LogP contribution in [-0.4, -0.2) is 90.6 Å². The molecule has 11 nitrogen and oxygen atoms in total. The largest absolute Gasteiger partial charge is 0.472 e. The van der Waals surface area contributed by atoms with E-state index in [1.54, 1.807) is 17.0 Å². The lowest BCUT2D eigenvalue weighted by atomic mass is 9.92. The molecule has 5 heterocycles. The predicted molar refractivity (Wildman–Crippen MR) is 171 cm³/mol. The number of nitrogens with two attached hydrogens (primary N) is 2. The Balaban J connectivity index is 0.000000535. The number of furan rings is 1. The molecule has 3 aromatic heterocycles. The monoisotopic (exact) mass is 636 g/mol. The average molecular weight is 637 g/mol. The van der Waals surface area contributed by atoms with Crippen LogP contribution >= 0.6 is 11.3 Å². The van der Waals surface area contributed by atoms with Crippen LogP contribution in [0.25, 0.3) is 43.4 Å². The Labute approximate surface area is 262 Å². The molecule has 0 unspecified atom stereocenters. The Morgan fingerprint density at radius 3 is 2.40 bits per heavy atom. The van der Waals surface area contributed by atoms with Crippen molar-refractivity contribution in [3.63, 3.8) is 0 Å². The number of carbonyl (C=O) groups excluding carboxylic acids is 1. The van der Waals surface area contributed by atoms with Gasteiger partial charge >= 0.3 is 6.01 Å². The van der Waals surface area contributed by atoms with Crippen LogP contribution in [0.15, 0.2) is 41.2 Å². The molecule has 2 saturated heterocycles. The van der Waals surface area contributed by atoms with E-state index >= 15 is 4.39 Å². The third-order valence-electron chi connectivity index (χ3n) is 8.12. The number of likely N-dealkylation sites (tertiary alicyclic amines) is 1. The maximum Gasteiger partial charge on any atom is 0.318 e. The Morgan fingerprint density at radius 2 is 1.78 bits per heavy atom. The molecule has 14 heteroatoms. The van der Waals surface area contributed by atoms with Gasteiger partial charge in [-0.15, -0.1) is 0 Å². The molecular weight excluding hydrogens is 602 g/mol. The first-order valence-electron chi connectivity index (χ1n) is 14.7. The first-order valence-corrected chi connectivity index (χ1v) is 15.5. The van der Waals surface area contributed by atoms with Crippen molar-refractivity contribution in [3.05, 3.63) is 48.4 Å². The van der Waals surface area contributed by atoms with Crippen molar-refractivity contribution in [3.8, 4) is 28.3 Å². The van der Waals surface area contributed by atoms with E-state index in [1.807, 2.05) is 4.90 Å². The second-order valence-electron chi connectivity index (χ2n) is 11.0. The number of halogens is 2. The maximum absolute atomic E-state index is 16.7. The normalized spacial score (nSPS) is 15.5. The molecule has 0 bridgehead atoms. The lowest BCUT2D eigenvalue weighted by Crippen LogP contribution is -2.50. The van der Waals surface area contributed by atoms with Gasteiger partial charge in [-0.25, -0.2) is 13.8 Å². The summed E-state index contributed by atoms with van der Waals surface area (Å²) >= 11 is 0.994. The van der Waals surface area contributed by atoms with E-state index < -0.39 is 11.6 Å². The number of amides is 1. The highest BCUT2D eigenvalue weighted by atomic mass is 32.1. The van der Waals surface area contributed by atoms with Crippen LogP contribution in [0.3, 0.4) is 0 Å². The van der Waals surface area contributed by atoms with Crippen LogP contribution in [0.2, 0.25) is 0 Å². The predicted octanol–water partition coefficient (Wildman–Crippen LogP) is 4.35.